The molecule has 3 aliphatic heterocycles. The second kappa shape index (κ2) is 4.76. The second-order valence-corrected chi connectivity index (χ2v) is 8.55. The fourth-order valence-corrected chi connectivity index (χ4v) is 5.79. The van der Waals surface area contributed by atoms with E-state index in [0.29, 0.717) is 17.4 Å². The van der Waals surface area contributed by atoms with Gasteiger partial charge >= 0.3 is 0 Å². The minimum Gasteiger partial charge on any atom is -0.381 e. The fourth-order valence-electron chi connectivity index (χ4n) is 3.85. The van der Waals surface area contributed by atoms with E-state index in [1.165, 1.54) is 6.42 Å². The summed E-state index contributed by atoms with van der Waals surface area (Å²) in [6, 6.07) is 0. The molecule has 1 N–H and O–H groups in total. The van der Waals surface area contributed by atoms with E-state index in [1.807, 2.05) is 0 Å². The van der Waals surface area contributed by atoms with Gasteiger partial charge in [0, 0.05) is 26.3 Å². The van der Waals surface area contributed by atoms with Gasteiger partial charge in [-0.25, -0.2) is 8.42 Å². The monoisotopic (exact) mass is 273 g/mol. The van der Waals surface area contributed by atoms with Crippen molar-refractivity contribution in [1.82, 2.24) is 5.32 Å². The molecule has 1 atom stereocenters. The summed E-state index contributed by atoms with van der Waals surface area (Å²) in [6.07, 6.45) is 4.39. The van der Waals surface area contributed by atoms with Crippen molar-refractivity contribution in [3.63, 3.8) is 0 Å². The van der Waals surface area contributed by atoms with Crippen LogP contribution in [-0.4, -0.2) is 46.2 Å². The van der Waals surface area contributed by atoms with Crippen molar-refractivity contribution in [1.29, 1.82) is 0 Å². The largest absolute Gasteiger partial charge is 0.381 e. The fraction of sp³-hybridized carbons (Fsp3) is 1.00. The van der Waals surface area contributed by atoms with Crippen LogP contribution in [0.3, 0.4) is 0 Å². The Morgan fingerprint density at radius 2 is 1.89 bits per heavy atom. The molecule has 0 aromatic rings. The van der Waals surface area contributed by atoms with E-state index < -0.39 is 9.84 Å². The van der Waals surface area contributed by atoms with Crippen molar-refractivity contribution in [3.05, 3.63) is 0 Å². The number of rotatable bonds is 3. The van der Waals surface area contributed by atoms with Crippen molar-refractivity contribution in [3.8, 4) is 0 Å². The van der Waals surface area contributed by atoms with E-state index in [-0.39, 0.29) is 5.41 Å². The molecule has 0 aromatic heterocycles. The lowest BCUT2D eigenvalue weighted by Crippen LogP contribution is -2.58. The van der Waals surface area contributed by atoms with Gasteiger partial charge in [0.2, 0.25) is 0 Å². The molecule has 5 heteroatoms. The first-order valence-corrected chi connectivity index (χ1v) is 8.91. The van der Waals surface area contributed by atoms with Gasteiger partial charge in [0.15, 0.2) is 9.84 Å². The van der Waals surface area contributed by atoms with Crippen LogP contribution in [0, 0.1) is 17.3 Å². The van der Waals surface area contributed by atoms with Crippen LogP contribution in [0.25, 0.3) is 0 Å². The molecule has 3 fully saturated rings. The predicted octanol–water partition coefficient (Wildman–Crippen LogP) is 0.827. The smallest absolute Gasteiger partial charge is 0.150 e. The highest BCUT2D eigenvalue weighted by Gasteiger charge is 2.49. The maximum Gasteiger partial charge on any atom is 0.150 e. The molecule has 3 rings (SSSR count). The van der Waals surface area contributed by atoms with E-state index >= 15 is 0 Å². The first kappa shape index (κ1) is 12.9. The summed E-state index contributed by atoms with van der Waals surface area (Å²) in [4.78, 5) is 0. The summed E-state index contributed by atoms with van der Waals surface area (Å²) < 4.78 is 28.8. The SMILES string of the molecule is O=S1(=O)CCC(C2(CC3CCOCC3)CNC2)C1. The van der Waals surface area contributed by atoms with E-state index in [2.05, 4.69) is 5.32 Å². The van der Waals surface area contributed by atoms with Crippen molar-refractivity contribution in [2.75, 3.05) is 37.8 Å². The van der Waals surface area contributed by atoms with Crippen molar-refractivity contribution < 1.29 is 13.2 Å². The molecule has 0 radical (unpaired) electrons. The average molecular weight is 273 g/mol. The highest BCUT2D eigenvalue weighted by molar-refractivity contribution is 7.91. The highest BCUT2D eigenvalue weighted by Crippen LogP contribution is 2.45. The number of nitrogens with one attached hydrogen (secondary N) is 1. The zero-order chi connectivity index (χ0) is 12.6. The third-order valence-corrected chi connectivity index (χ3v) is 6.86. The van der Waals surface area contributed by atoms with Gasteiger partial charge in [-0.2, -0.15) is 0 Å². The Labute approximate surface area is 109 Å². The van der Waals surface area contributed by atoms with Crippen molar-refractivity contribution in [2.24, 2.45) is 17.3 Å². The number of ether oxygens (including phenoxy) is 1. The van der Waals surface area contributed by atoms with E-state index in [1.54, 1.807) is 0 Å². The zero-order valence-corrected chi connectivity index (χ0v) is 11.7. The van der Waals surface area contributed by atoms with Crippen LogP contribution in [0.4, 0.5) is 0 Å². The van der Waals surface area contributed by atoms with Crippen LogP contribution in [-0.2, 0) is 14.6 Å². The van der Waals surface area contributed by atoms with Crippen LogP contribution in [0.1, 0.15) is 25.7 Å². The maximum absolute atomic E-state index is 11.7. The molecule has 3 saturated heterocycles. The summed E-state index contributed by atoms with van der Waals surface area (Å²) in [7, 11) is -2.75. The van der Waals surface area contributed by atoms with Gasteiger partial charge in [-0.3, -0.25) is 0 Å². The van der Waals surface area contributed by atoms with Crippen LogP contribution < -0.4 is 5.32 Å². The van der Waals surface area contributed by atoms with E-state index in [9.17, 15) is 8.42 Å². The molecule has 104 valence electrons. The molecule has 0 amide bonds. The average Bonchev–Trinajstić information content (AvgIpc) is 2.66. The van der Waals surface area contributed by atoms with Gasteiger partial charge in [-0.1, -0.05) is 0 Å². The van der Waals surface area contributed by atoms with Crippen LogP contribution >= 0.6 is 0 Å². The van der Waals surface area contributed by atoms with E-state index in [0.717, 1.165) is 51.5 Å². The Hall–Kier alpha value is -0.130. The van der Waals surface area contributed by atoms with Gasteiger partial charge in [-0.15, -0.1) is 0 Å². The molecule has 3 aliphatic rings. The first-order chi connectivity index (χ1) is 8.60. The Balaban J connectivity index is 1.66. The van der Waals surface area contributed by atoms with Gasteiger partial charge in [0.05, 0.1) is 11.5 Å². The summed E-state index contributed by atoms with van der Waals surface area (Å²) in [5.41, 5.74) is 0.269. The summed E-state index contributed by atoms with van der Waals surface area (Å²) >= 11 is 0. The molecule has 1 unspecified atom stereocenters. The molecule has 0 bridgehead atoms. The minimum absolute atomic E-state index is 0.269. The van der Waals surface area contributed by atoms with Gasteiger partial charge < -0.3 is 10.1 Å². The summed E-state index contributed by atoms with van der Waals surface area (Å²) in [5.74, 6) is 1.97. The predicted molar refractivity (Wildman–Crippen MR) is 70.2 cm³/mol. The number of sulfone groups is 1. The van der Waals surface area contributed by atoms with Crippen LogP contribution in [0.2, 0.25) is 0 Å². The summed E-state index contributed by atoms with van der Waals surface area (Å²) in [6.45, 7) is 3.81. The Bertz CT molecular complexity index is 396. The second-order valence-electron chi connectivity index (χ2n) is 6.33. The number of hydrogen-bond acceptors (Lipinski definition) is 4. The lowest BCUT2D eigenvalue weighted by molar-refractivity contribution is 0.0109. The van der Waals surface area contributed by atoms with Crippen LogP contribution in [0.5, 0.6) is 0 Å². The Kier molecular flexibility index (Phi) is 3.41. The third kappa shape index (κ3) is 2.45. The maximum atomic E-state index is 11.7. The topological polar surface area (TPSA) is 55.4 Å². The minimum atomic E-state index is -2.75. The van der Waals surface area contributed by atoms with Gasteiger partial charge in [0.1, 0.15) is 0 Å². The highest BCUT2D eigenvalue weighted by atomic mass is 32.2. The molecule has 0 saturated carbocycles. The molecular weight excluding hydrogens is 250 g/mol. The molecule has 3 heterocycles. The summed E-state index contributed by atoms with van der Waals surface area (Å²) in [5, 5.41) is 3.37. The van der Waals surface area contributed by atoms with Crippen molar-refractivity contribution >= 4 is 9.84 Å². The number of hydrogen-bond donors (Lipinski definition) is 1. The molecule has 4 nitrogen and oxygen atoms in total. The first-order valence-electron chi connectivity index (χ1n) is 7.09. The van der Waals surface area contributed by atoms with E-state index in [4.69, 9.17) is 4.74 Å². The Morgan fingerprint density at radius 1 is 1.17 bits per heavy atom. The Morgan fingerprint density at radius 3 is 2.39 bits per heavy atom. The molecule has 0 spiro atoms. The standard InChI is InChI=1S/C13H23NO3S/c15-18(16)6-3-12(8-18)13(9-14-10-13)7-11-1-4-17-5-2-11/h11-12,14H,1-10H2. The third-order valence-electron chi connectivity index (χ3n) is 5.09. The lowest BCUT2D eigenvalue weighted by Gasteiger charge is -2.49. The van der Waals surface area contributed by atoms with Crippen molar-refractivity contribution in [2.45, 2.75) is 25.7 Å². The zero-order valence-electron chi connectivity index (χ0n) is 10.9. The lowest BCUT2D eigenvalue weighted by atomic mass is 9.64. The molecule has 0 aromatic carbocycles. The van der Waals surface area contributed by atoms with Crippen LogP contribution in [0.15, 0.2) is 0 Å². The molecule has 18 heavy (non-hydrogen) atoms. The quantitative estimate of drug-likeness (QED) is 0.827. The normalized spacial score (nSPS) is 35.2. The van der Waals surface area contributed by atoms with Gasteiger partial charge in [-0.05, 0) is 42.9 Å². The van der Waals surface area contributed by atoms with Gasteiger partial charge in [0.25, 0.3) is 0 Å². The molecule has 0 aliphatic carbocycles. The molecular formula is C13H23NO3S.